The SMILES string of the molecule is O=C(O)CN1C(=O)/C(=C/c2ccc3cc(OCc4ccc([N+](=O)[O-])cc4)ccc3c2)SC1=S. The molecule has 0 unspecified atom stereocenters. The number of rotatable bonds is 7. The molecule has 10 heteroatoms. The van der Waals surface area contributed by atoms with Gasteiger partial charge in [0.1, 0.15) is 23.2 Å². The summed E-state index contributed by atoms with van der Waals surface area (Å²) in [5.41, 5.74) is 1.64. The highest BCUT2D eigenvalue weighted by molar-refractivity contribution is 8.26. The summed E-state index contributed by atoms with van der Waals surface area (Å²) in [4.78, 5) is 35.1. The summed E-state index contributed by atoms with van der Waals surface area (Å²) >= 11 is 6.20. The van der Waals surface area contributed by atoms with Gasteiger partial charge in [-0.3, -0.25) is 24.6 Å². The fourth-order valence-electron chi connectivity index (χ4n) is 3.23. The first-order valence-corrected chi connectivity index (χ1v) is 10.9. The van der Waals surface area contributed by atoms with Crippen LogP contribution in [0, 0.1) is 10.1 Å². The van der Waals surface area contributed by atoms with Gasteiger partial charge in [0, 0.05) is 12.1 Å². The van der Waals surface area contributed by atoms with Crippen molar-refractivity contribution in [3.63, 3.8) is 0 Å². The van der Waals surface area contributed by atoms with Gasteiger partial charge in [0.25, 0.3) is 11.6 Å². The van der Waals surface area contributed by atoms with Gasteiger partial charge < -0.3 is 9.84 Å². The van der Waals surface area contributed by atoms with Gasteiger partial charge in [-0.25, -0.2) is 0 Å². The second kappa shape index (κ2) is 9.39. The van der Waals surface area contributed by atoms with Crippen molar-refractivity contribution < 1.29 is 24.4 Å². The first-order valence-electron chi connectivity index (χ1n) is 9.67. The third-order valence-electron chi connectivity index (χ3n) is 4.85. The fourth-order valence-corrected chi connectivity index (χ4v) is 4.48. The quantitative estimate of drug-likeness (QED) is 0.226. The molecule has 0 spiro atoms. The zero-order valence-corrected chi connectivity index (χ0v) is 18.6. The highest BCUT2D eigenvalue weighted by Crippen LogP contribution is 2.33. The standard InChI is InChI=1S/C23H16N2O6S2/c26-21(27)12-24-22(28)20(33-23(24)32)10-15-1-4-17-11-19(8-5-16(17)9-15)31-13-14-2-6-18(7-3-14)25(29)30/h1-11H,12-13H2,(H,26,27)/b20-10-. The summed E-state index contributed by atoms with van der Waals surface area (Å²) in [5, 5.41) is 21.6. The number of thioether (sulfide) groups is 1. The number of carbonyl (C=O) groups excluding carboxylic acids is 1. The molecule has 1 saturated heterocycles. The third kappa shape index (κ3) is 5.18. The number of thiocarbonyl (C=S) groups is 1. The number of hydrogen-bond donors (Lipinski definition) is 1. The van der Waals surface area contributed by atoms with Crippen molar-refractivity contribution in [2.24, 2.45) is 0 Å². The van der Waals surface area contributed by atoms with E-state index in [0.717, 1.165) is 38.6 Å². The van der Waals surface area contributed by atoms with E-state index in [9.17, 15) is 19.7 Å². The van der Waals surface area contributed by atoms with Crippen molar-refractivity contribution in [1.29, 1.82) is 0 Å². The molecule has 166 valence electrons. The van der Waals surface area contributed by atoms with Crippen LogP contribution in [0.5, 0.6) is 5.75 Å². The lowest BCUT2D eigenvalue weighted by molar-refractivity contribution is -0.384. The Morgan fingerprint density at radius 1 is 1.12 bits per heavy atom. The molecule has 3 aromatic rings. The second-order valence-electron chi connectivity index (χ2n) is 7.14. The van der Waals surface area contributed by atoms with E-state index in [2.05, 4.69) is 0 Å². The number of amides is 1. The summed E-state index contributed by atoms with van der Waals surface area (Å²) in [7, 11) is 0. The average Bonchev–Trinajstić information content (AvgIpc) is 3.04. The number of fused-ring (bicyclic) bond motifs is 1. The number of carbonyl (C=O) groups is 2. The lowest BCUT2D eigenvalue weighted by Gasteiger charge is -2.10. The molecule has 1 amide bonds. The van der Waals surface area contributed by atoms with Crippen LogP contribution in [0.25, 0.3) is 16.8 Å². The Labute approximate surface area is 197 Å². The largest absolute Gasteiger partial charge is 0.489 e. The van der Waals surface area contributed by atoms with Gasteiger partial charge in [0.2, 0.25) is 0 Å². The Kier molecular flexibility index (Phi) is 6.38. The number of carboxylic acid groups (broad SMARTS) is 1. The lowest BCUT2D eigenvalue weighted by atomic mass is 10.1. The molecule has 3 aromatic carbocycles. The van der Waals surface area contributed by atoms with Gasteiger partial charge in [-0.2, -0.15) is 0 Å². The van der Waals surface area contributed by atoms with E-state index in [0.29, 0.717) is 10.7 Å². The van der Waals surface area contributed by atoms with Gasteiger partial charge in [-0.1, -0.05) is 42.2 Å². The summed E-state index contributed by atoms with van der Waals surface area (Å²) in [6.07, 6.45) is 1.69. The number of nitro benzene ring substituents is 1. The highest BCUT2D eigenvalue weighted by Gasteiger charge is 2.33. The maximum atomic E-state index is 12.4. The molecule has 1 aliphatic rings. The Balaban J connectivity index is 1.47. The van der Waals surface area contributed by atoms with E-state index in [1.165, 1.54) is 12.1 Å². The molecule has 0 aromatic heterocycles. The van der Waals surface area contributed by atoms with Crippen molar-refractivity contribution in [2.45, 2.75) is 6.61 Å². The van der Waals surface area contributed by atoms with Gasteiger partial charge in [0.15, 0.2) is 0 Å². The van der Waals surface area contributed by atoms with Crippen LogP contribution >= 0.6 is 24.0 Å². The Bertz CT molecular complexity index is 1320. The predicted octanol–water partition coefficient (Wildman–Crippen LogP) is 4.61. The Morgan fingerprint density at radius 3 is 2.52 bits per heavy atom. The molecule has 1 heterocycles. The van der Waals surface area contributed by atoms with Crippen LogP contribution in [-0.4, -0.2) is 37.7 Å². The van der Waals surface area contributed by atoms with Gasteiger partial charge in [0.05, 0.1) is 9.83 Å². The minimum absolute atomic E-state index is 0.0318. The van der Waals surface area contributed by atoms with Crippen molar-refractivity contribution in [3.05, 3.63) is 86.8 Å². The second-order valence-corrected chi connectivity index (χ2v) is 8.82. The van der Waals surface area contributed by atoms with Crippen LogP contribution in [0.15, 0.2) is 65.6 Å². The number of hydrogen-bond acceptors (Lipinski definition) is 7. The van der Waals surface area contributed by atoms with Crippen molar-refractivity contribution >= 4 is 62.7 Å². The van der Waals surface area contributed by atoms with E-state index in [4.69, 9.17) is 22.1 Å². The van der Waals surface area contributed by atoms with Crippen LogP contribution < -0.4 is 4.74 Å². The fraction of sp³-hybridized carbons (Fsp3) is 0.0870. The highest BCUT2D eigenvalue weighted by atomic mass is 32.2. The zero-order valence-electron chi connectivity index (χ0n) is 17.0. The number of non-ortho nitro benzene ring substituents is 1. The smallest absolute Gasteiger partial charge is 0.323 e. The first-order chi connectivity index (χ1) is 15.8. The Morgan fingerprint density at radius 2 is 1.82 bits per heavy atom. The lowest BCUT2D eigenvalue weighted by Crippen LogP contribution is -2.33. The molecule has 1 N–H and O–H groups in total. The predicted molar refractivity (Wildman–Crippen MR) is 129 cm³/mol. The van der Waals surface area contributed by atoms with E-state index in [1.807, 2.05) is 36.4 Å². The molecule has 1 aliphatic heterocycles. The summed E-state index contributed by atoms with van der Waals surface area (Å²) < 4.78 is 6.04. The van der Waals surface area contributed by atoms with Crippen LogP contribution in [0.4, 0.5) is 5.69 Å². The molecule has 8 nitrogen and oxygen atoms in total. The molecular weight excluding hydrogens is 464 g/mol. The number of ether oxygens (including phenoxy) is 1. The number of aliphatic carboxylic acids is 1. The van der Waals surface area contributed by atoms with Crippen molar-refractivity contribution in [3.8, 4) is 5.75 Å². The van der Waals surface area contributed by atoms with Crippen LogP contribution in [0.1, 0.15) is 11.1 Å². The summed E-state index contributed by atoms with van der Waals surface area (Å²) in [5.74, 6) is -0.879. The number of nitrogens with zero attached hydrogens (tertiary/aromatic N) is 2. The molecule has 0 bridgehead atoms. The minimum Gasteiger partial charge on any atom is -0.489 e. The molecule has 1 fully saturated rings. The van der Waals surface area contributed by atoms with Gasteiger partial charge in [-0.05, 0) is 58.3 Å². The molecule has 0 saturated carbocycles. The summed E-state index contributed by atoms with van der Waals surface area (Å²) in [6, 6.07) is 17.5. The van der Waals surface area contributed by atoms with E-state index >= 15 is 0 Å². The normalized spacial score (nSPS) is 14.8. The maximum absolute atomic E-state index is 12.4. The van der Waals surface area contributed by atoms with Gasteiger partial charge >= 0.3 is 5.97 Å². The third-order valence-corrected chi connectivity index (χ3v) is 6.23. The molecule has 0 aliphatic carbocycles. The zero-order chi connectivity index (χ0) is 23.5. The molecule has 0 atom stereocenters. The maximum Gasteiger partial charge on any atom is 0.323 e. The average molecular weight is 481 g/mol. The van der Waals surface area contributed by atoms with Crippen LogP contribution in [-0.2, 0) is 16.2 Å². The minimum atomic E-state index is -1.12. The first kappa shape index (κ1) is 22.4. The van der Waals surface area contributed by atoms with Crippen molar-refractivity contribution in [2.75, 3.05) is 6.54 Å². The number of benzene rings is 3. The van der Waals surface area contributed by atoms with E-state index in [-0.39, 0.29) is 16.6 Å². The Hall–Kier alpha value is -3.76. The number of nitro groups is 1. The summed E-state index contributed by atoms with van der Waals surface area (Å²) in [6.45, 7) is -0.178. The van der Waals surface area contributed by atoms with Gasteiger partial charge in [-0.15, -0.1) is 0 Å². The molecular formula is C23H16N2O6S2. The number of carboxylic acids is 1. The van der Waals surface area contributed by atoms with Crippen molar-refractivity contribution in [1.82, 2.24) is 4.90 Å². The monoisotopic (exact) mass is 480 g/mol. The van der Waals surface area contributed by atoms with Crippen LogP contribution in [0.2, 0.25) is 0 Å². The topological polar surface area (TPSA) is 110 Å². The van der Waals surface area contributed by atoms with E-state index < -0.39 is 23.3 Å². The van der Waals surface area contributed by atoms with E-state index in [1.54, 1.807) is 18.2 Å². The molecule has 33 heavy (non-hydrogen) atoms. The van der Waals surface area contributed by atoms with Crippen LogP contribution in [0.3, 0.4) is 0 Å². The molecule has 0 radical (unpaired) electrons. The molecule has 4 rings (SSSR count).